The Morgan fingerprint density at radius 3 is 3.08 bits per heavy atom. The van der Waals surface area contributed by atoms with Gasteiger partial charge in [0.25, 0.3) is 11.5 Å². The van der Waals surface area contributed by atoms with Crippen LogP contribution in [0.3, 0.4) is 0 Å². The number of carbonyl (C=O) groups excluding carboxylic acids is 1. The molecule has 0 radical (unpaired) electrons. The van der Waals surface area contributed by atoms with Crippen LogP contribution in [0.1, 0.15) is 41.1 Å². The van der Waals surface area contributed by atoms with E-state index in [0.717, 1.165) is 62.1 Å². The van der Waals surface area contributed by atoms with Crippen molar-refractivity contribution in [2.45, 2.75) is 32.1 Å². The molecule has 1 aliphatic carbocycles. The van der Waals surface area contributed by atoms with Gasteiger partial charge in [-0.3, -0.25) is 9.59 Å². The molecule has 138 valence electrons. The fourth-order valence-electron chi connectivity index (χ4n) is 3.75. The second kappa shape index (κ2) is 6.93. The Labute approximate surface area is 151 Å². The van der Waals surface area contributed by atoms with E-state index in [0.29, 0.717) is 18.2 Å². The molecular weight excluding hydrogens is 334 g/mol. The lowest BCUT2D eigenvalue weighted by Crippen LogP contribution is -2.31. The van der Waals surface area contributed by atoms with Gasteiger partial charge in [0.15, 0.2) is 0 Å². The van der Waals surface area contributed by atoms with Crippen molar-refractivity contribution in [2.75, 3.05) is 24.5 Å². The normalized spacial score (nSPS) is 19.4. The molecule has 1 amide bonds. The van der Waals surface area contributed by atoms with Gasteiger partial charge in [0.2, 0.25) is 5.76 Å². The first kappa shape index (κ1) is 16.8. The van der Waals surface area contributed by atoms with Crippen LogP contribution in [0.15, 0.2) is 21.6 Å². The number of rotatable bonds is 4. The number of fused-ring (bicyclic) bond motifs is 1. The smallest absolute Gasteiger partial charge is 0.290 e. The molecular formula is C18H23N5O3. The molecule has 2 aliphatic rings. The monoisotopic (exact) mass is 357 g/mol. The van der Waals surface area contributed by atoms with E-state index in [1.807, 2.05) is 0 Å². The van der Waals surface area contributed by atoms with Crippen molar-refractivity contribution in [3.8, 4) is 0 Å². The van der Waals surface area contributed by atoms with E-state index < -0.39 is 0 Å². The second-order valence-corrected chi connectivity index (χ2v) is 7.13. The predicted molar refractivity (Wildman–Crippen MR) is 95.3 cm³/mol. The molecule has 1 fully saturated rings. The van der Waals surface area contributed by atoms with Crippen LogP contribution in [0, 0.1) is 5.92 Å². The molecule has 1 aliphatic heterocycles. The van der Waals surface area contributed by atoms with Gasteiger partial charge in [0.05, 0.1) is 17.6 Å². The third-order valence-corrected chi connectivity index (χ3v) is 5.32. The van der Waals surface area contributed by atoms with Crippen LogP contribution in [0.5, 0.6) is 0 Å². The minimum Gasteiger partial charge on any atom is -0.370 e. The standard InChI is InChI=1S/C18H23N5O3/c1-22-16(24)8-13(10-20-22)23-7-6-12(11-23)9-19-18(25)17-14-4-2-3-5-15(14)21-26-17/h8,10,12H,2-7,9,11H2,1H3,(H,19,25)/t12-/m0/s1. The van der Waals surface area contributed by atoms with Crippen LogP contribution in [0.4, 0.5) is 5.69 Å². The minimum absolute atomic E-state index is 0.116. The van der Waals surface area contributed by atoms with Crippen molar-refractivity contribution in [1.82, 2.24) is 20.3 Å². The zero-order valence-electron chi connectivity index (χ0n) is 14.9. The summed E-state index contributed by atoms with van der Waals surface area (Å²) in [6, 6.07) is 1.61. The fourth-order valence-corrected chi connectivity index (χ4v) is 3.75. The van der Waals surface area contributed by atoms with E-state index in [4.69, 9.17) is 4.52 Å². The quantitative estimate of drug-likeness (QED) is 0.874. The van der Waals surface area contributed by atoms with Crippen LogP contribution >= 0.6 is 0 Å². The summed E-state index contributed by atoms with van der Waals surface area (Å²) in [4.78, 5) is 26.3. The van der Waals surface area contributed by atoms with E-state index in [9.17, 15) is 9.59 Å². The van der Waals surface area contributed by atoms with Crippen LogP contribution in [-0.2, 0) is 19.9 Å². The number of hydrogen-bond acceptors (Lipinski definition) is 6. The highest BCUT2D eigenvalue weighted by Crippen LogP contribution is 2.24. The first-order valence-electron chi connectivity index (χ1n) is 9.16. The molecule has 26 heavy (non-hydrogen) atoms. The van der Waals surface area contributed by atoms with Gasteiger partial charge in [-0.15, -0.1) is 0 Å². The average molecular weight is 357 g/mol. The zero-order chi connectivity index (χ0) is 18.1. The highest BCUT2D eigenvalue weighted by Gasteiger charge is 2.27. The minimum atomic E-state index is -0.172. The number of amides is 1. The Balaban J connectivity index is 1.34. The molecule has 0 saturated carbocycles. The lowest BCUT2D eigenvalue weighted by atomic mass is 9.96. The molecule has 0 aromatic carbocycles. The molecule has 8 heteroatoms. The van der Waals surface area contributed by atoms with Gasteiger partial charge in [0, 0.05) is 38.3 Å². The Kier molecular flexibility index (Phi) is 4.48. The molecule has 8 nitrogen and oxygen atoms in total. The molecule has 2 aromatic rings. The van der Waals surface area contributed by atoms with Crippen molar-refractivity contribution in [2.24, 2.45) is 13.0 Å². The molecule has 0 bridgehead atoms. The van der Waals surface area contributed by atoms with Gasteiger partial charge < -0.3 is 14.7 Å². The van der Waals surface area contributed by atoms with E-state index in [1.54, 1.807) is 19.3 Å². The summed E-state index contributed by atoms with van der Waals surface area (Å²) in [5.74, 6) is 0.543. The maximum atomic E-state index is 12.5. The number of aromatic nitrogens is 3. The van der Waals surface area contributed by atoms with Gasteiger partial charge in [-0.2, -0.15) is 5.10 Å². The largest absolute Gasteiger partial charge is 0.370 e. The first-order valence-corrected chi connectivity index (χ1v) is 9.16. The van der Waals surface area contributed by atoms with Gasteiger partial charge in [0.1, 0.15) is 0 Å². The maximum Gasteiger partial charge on any atom is 0.290 e. The van der Waals surface area contributed by atoms with Crippen LogP contribution in [0.2, 0.25) is 0 Å². The van der Waals surface area contributed by atoms with Crippen molar-refractivity contribution >= 4 is 11.6 Å². The molecule has 1 saturated heterocycles. The summed E-state index contributed by atoms with van der Waals surface area (Å²) in [5.41, 5.74) is 2.64. The SMILES string of the molecule is Cn1ncc(N2CC[C@@H](CNC(=O)c3onc4c3CCCC4)C2)cc1=O. The van der Waals surface area contributed by atoms with E-state index in [1.165, 1.54) is 4.68 Å². The van der Waals surface area contributed by atoms with E-state index in [2.05, 4.69) is 20.5 Å². The van der Waals surface area contributed by atoms with Crippen molar-refractivity contribution in [3.63, 3.8) is 0 Å². The van der Waals surface area contributed by atoms with E-state index >= 15 is 0 Å². The number of hydrogen-bond donors (Lipinski definition) is 1. The van der Waals surface area contributed by atoms with Crippen molar-refractivity contribution < 1.29 is 9.32 Å². The summed E-state index contributed by atoms with van der Waals surface area (Å²) < 4.78 is 6.61. The van der Waals surface area contributed by atoms with Crippen LogP contribution in [0.25, 0.3) is 0 Å². The molecule has 1 atom stereocenters. The third kappa shape index (κ3) is 3.23. The molecule has 1 N–H and O–H groups in total. The van der Waals surface area contributed by atoms with Gasteiger partial charge in [-0.05, 0) is 38.0 Å². The molecule has 4 rings (SSSR count). The van der Waals surface area contributed by atoms with Gasteiger partial charge in [-0.1, -0.05) is 5.16 Å². The number of nitrogens with one attached hydrogen (secondary N) is 1. The molecule has 3 heterocycles. The van der Waals surface area contributed by atoms with E-state index in [-0.39, 0.29) is 11.5 Å². The number of aryl methyl sites for hydroxylation is 2. The molecule has 0 unspecified atom stereocenters. The topological polar surface area (TPSA) is 93.3 Å². The summed E-state index contributed by atoms with van der Waals surface area (Å²) >= 11 is 0. The molecule has 0 spiro atoms. The maximum absolute atomic E-state index is 12.5. The summed E-state index contributed by atoms with van der Waals surface area (Å²) in [5, 5.41) is 11.1. The Morgan fingerprint density at radius 2 is 2.23 bits per heavy atom. The highest BCUT2D eigenvalue weighted by atomic mass is 16.5. The second-order valence-electron chi connectivity index (χ2n) is 7.13. The summed E-state index contributed by atoms with van der Waals surface area (Å²) in [6.45, 7) is 2.24. The van der Waals surface area contributed by atoms with Crippen LogP contribution < -0.4 is 15.8 Å². The fraction of sp³-hybridized carbons (Fsp3) is 0.556. The van der Waals surface area contributed by atoms with Gasteiger partial charge >= 0.3 is 0 Å². The van der Waals surface area contributed by atoms with Crippen LogP contribution in [-0.4, -0.2) is 40.5 Å². The lowest BCUT2D eigenvalue weighted by Gasteiger charge is -2.18. The lowest BCUT2D eigenvalue weighted by molar-refractivity contribution is 0.0910. The Hall–Kier alpha value is -2.64. The first-order chi connectivity index (χ1) is 12.6. The number of carbonyl (C=O) groups is 1. The third-order valence-electron chi connectivity index (χ3n) is 5.32. The van der Waals surface area contributed by atoms with Crippen molar-refractivity contribution in [1.29, 1.82) is 0 Å². The highest BCUT2D eigenvalue weighted by molar-refractivity contribution is 5.93. The Morgan fingerprint density at radius 1 is 1.38 bits per heavy atom. The van der Waals surface area contributed by atoms with Crippen molar-refractivity contribution in [3.05, 3.63) is 39.6 Å². The zero-order valence-corrected chi connectivity index (χ0v) is 14.9. The number of nitrogens with zero attached hydrogens (tertiary/aromatic N) is 4. The number of anilines is 1. The summed E-state index contributed by atoms with van der Waals surface area (Å²) in [7, 11) is 1.64. The predicted octanol–water partition coefficient (Wildman–Crippen LogP) is 0.903. The summed E-state index contributed by atoms with van der Waals surface area (Å²) in [6.07, 6.45) is 6.63. The van der Waals surface area contributed by atoms with Gasteiger partial charge in [-0.25, -0.2) is 4.68 Å². The Bertz CT molecular complexity index is 872. The molecule has 2 aromatic heterocycles. The average Bonchev–Trinajstić information content (AvgIpc) is 3.29.